The van der Waals surface area contributed by atoms with Crippen molar-refractivity contribution in [2.45, 2.75) is 24.8 Å². The van der Waals surface area contributed by atoms with E-state index in [1.165, 1.54) is 19.2 Å². The number of Topliss-reactive ketones (excluding diaryl/α,β-unsaturated/α-hetero) is 1. The minimum absolute atomic E-state index is 0.00704. The Morgan fingerprint density at radius 3 is 2.41 bits per heavy atom. The zero-order chi connectivity index (χ0) is 21.8. The quantitative estimate of drug-likeness (QED) is 0.514. The number of methoxy groups -OCH3 is 1. The van der Waals surface area contributed by atoms with Gasteiger partial charge >= 0.3 is 5.97 Å². The van der Waals surface area contributed by atoms with Crippen LogP contribution in [0, 0.1) is 11.6 Å². The van der Waals surface area contributed by atoms with E-state index in [2.05, 4.69) is 4.72 Å². The van der Waals surface area contributed by atoms with E-state index in [0.717, 1.165) is 18.2 Å². The van der Waals surface area contributed by atoms with Crippen LogP contribution in [0.3, 0.4) is 0 Å². The highest BCUT2D eigenvalue weighted by Crippen LogP contribution is 2.25. The fraction of sp³-hybridized carbons (Fsp3) is 0.263. The summed E-state index contributed by atoms with van der Waals surface area (Å²) in [7, 11) is -2.71. The molecule has 0 aliphatic heterocycles. The first-order valence-corrected chi connectivity index (χ1v) is 9.89. The van der Waals surface area contributed by atoms with E-state index in [4.69, 9.17) is 9.47 Å². The maximum absolute atomic E-state index is 13.6. The molecule has 2 rings (SSSR count). The number of ether oxygens (including phenoxy) is 2. The highest BCUT2D eigenvalue weighted by Gasteiger charge is 2.23. The van der Waals surface area contributed by atoms with E-state index < -0.39 is 51.6 Å². The number of hydrogen-bond donors (Lipinski definition) is 1. The third kappa shape index (κ3) is 5.58. The first-order chi connectivity index (χ1) is 13.5. The fourth-order valence-corrected chi connectivity index (χ4v) is 3.84. The van der Waals surface area contributed by atoms with E-state index in [-0.39, 0.29) is 16.2 Å². The molecule has 0 amide bonds. The Balaban J connectivity index is 2.22. The summed E-state index contributed by atoms with van der Waals surface area (Å²) in [6.45, 7) is 2.40. The molecule has 2 aromatic rings. The zero-order valence-electron chi connectivity index (χ0n) is 15.9. The second-order valence-electron chi connectivity index (χ2n) is 6.27. The van der Waals surface area contributed by atoms with E-state index in [1.807, 2.05) is 0 Å². The van der Waals surface area contributed by atoms with E-state index in [0.29, 0.717) is 6.07 Å². The average molecular weight is 427 g/mol. The third-order valence-electron chi connectivity index (χ3n) is 3.64. The van der Waals surface area contributed by atoms with Gasteiger partial charge in [-0.1, -0.05) is 0 Å². The molecule has 156 valence electrons. The lowest BCUT2D eigenvalue weighted by Crippen LogP contribution is -2.30. The van der Waals surface area contributed by atoms with Gasteiger partial charge in [0.2, 0.25) is 15.8 Å². The summed E-state index contributed by atoms with van der Waals surface area (Å²) in [5.41, 5.74) is -0.723. The van der Waals surface area contributed by atoms with Crippen molar-refractivity contribution in [3.8, 4) is 5.75 Å². The van der Waals surface area contributed by atoms with Gasteiger partial charge in [-0.2, -0.15) is 0 Å². The van der Waals surface area contributed by atoms with Gasteiger partial charge in [-0.05, 0) is 50.2 Å². The first kappa shape index (κ1) is 22.4. The minimum atomic E-state index is -3.98. The number of hydrogen-bond acceptors (Lipinski definition) is 6. The molecule has 7 nitrogen and oxygen atoms in total. The van der Waals surface area contributed by atoms with Gasteiger partial charge in [0.15, 0.2) is 6.61 Å². The van der Waals surface area contributed by atoms with Gasteiger partial charge in [-0.15, -0.1) is 0 Å². The molecule has 10 heteroatoms. The predicted molar refractivity (Wildman–Crippen MR) is 99.4 cm³/mol. The van der Waals surface area contributed by atoms with E-state index in [9.17, 15) is 26.8 Å². The van der Waals surface area contributed by atoms with Crippen molar-refractivity contribution in [2.75, 3.05) is 13.7 Å². The lowest BCUT2D eigenvalue weighted by molar-refractivity contribution is 0.0473. The molecule has 0 bridgehead atoms. The minimum Gasteiger partial charge on any atom is -0.495 e. The smallest absolute Gasteiger partial charge is 0.338 e. The number of benzene rings is 2. The van der Waals surface area contributed by atoms with Crippen molar-refractivity contribution in [1.29, 1.82) is 0 Å². The van der Waals surface area contributed by atoms with E-state index in [1.54, 1.807) is 13.8 Å². The molecule has 0 saturated heterocycles. The van der Waals surface area contributed by atoms with Gasteiger partial charge < -0.3 is 9.47 Å². The van der Waals surface area contributed by atoms with Gasteiger partial charge in [-0.3, -0.25) is 4.79 Å². The van der Waals surface area contributed by atoms with E-state index >= 15 is 0 Å². The first-order valence-electron chi connectivity index (χ1n) is 8.41. The van der Waals surface area contributed by atoms with Crippen LogP contribution in [0.2, 0.25) is 0 Å². The molecule has 29 heavy (non-hydrogen) atoms. The maximum atomic E-state index is 13.6. The second kappa shape index (κ2) is 9.10. The Morgan fingerprint density at radius 1 is 1.10 bits per heavy atom. The van der Waals surface area contributed by atoms with Crippen LogP contribution in [0.5, 0.6) is 5.75 Å². The Bertz CT molecular complexity index is 1040. The average Bonchev–Trinajstić information content (AvgIpc) is 2.66. The molecule has 2 aromatic carbocycles. The number of carbonyl (C=O) groups excluding carboxylic acids is 2. The van der Waals surface area contributed by atoms with Crippen molar-refractivity contribution >= 4 is 21.8 Å². The monoisotopic (exact) mass is 427 g/mol. The SMILES string of the molecule is COc1ccc(C(=O)OCC(=O)c2cc(F)ccc2F)cc1S(=O)(=O)NC(C)C. The summed E-state index contributed by atoms with van der Waals surface area (Å²) >= 11 is 0. The number of carbonyl (C=O) groups is 2. The van der Waals surface area contributed by atoms with Gasteiger partial charge in [0, 0.05) is 6.04 Å². The summed E-state index contributed by atoms with van der Waals surface area (Å²) in [5.74, 6) is -3.72. The van der Waals surface area contributed by atoms with Gasteiger partial charge in [0.1, 0.15) is 22.3 Å². The van der Waals surface area contributed by atoms with Crippen LogP contribution in [-0.2, 0) is 14.8 Å². The number of nitrogens with one attached hydrogen (secondary N) is 1. The van der Waals surface area contributed by atoms with Crippen molar-refractivity contribution in [1.82, 2.24) is 4.72 Å². The Morgan fingerprint density at radius 2 is 1.79 bits per heavy atom. The summed E-state index contributed by atoms with van der Waals surface area (Å²) in [6, 6.07) is 5.48. The molecule has 1 N–H and O–H groups in total. The van der Waals surface area contributed by atoms with Crippen LogP contribution < -0.4 is 9.46 Å². The van der Waals surface area contributed by atoms with Crippen LogP contribution in [0.4, 0.5) is 8.78 Å². The molecular weight excluding hydrogens is 408 g/mol. The Labute approximate surface area is 166 Å². The molecule has 0 radical (unpaired) electrons. The fourth-order valence-electron chi connectivity index (χ4n) is 2.39. The van der Waals surface area contributed by atoms with Gasteiger partial charge in [-0.25, -0.2) is 26.7 Å². The summed E-state index contributed by atoms with van der Waals surface area (Å²) in [4.78, 5) is 23.9. The highest BCUT2D eigenvalue weighted by atomic mass is 32.2. The van der Waals surface area contributed by atoms with Gasteiger partial charge in [0.25, 0.3) is 0 Å². The molecule has 0 unspecified atom stereocenters. The van der Waals surface area contributed by atoms with Crippen molar-refractivity contribution < 1.29 is 36.3 Å². The number of rotatable bonds is 8. The second-order valence-corrected chi connectivity index (χ2v) is 7.95. The molecule has 0 aromatic heterocycles. The normalized spacial score (nSPS) is 11.4. The largest absolute Gasteiger partial charge is 0.495 e. The Kier molecular flexibility index (Phi) is 7.04. The van der Waals surface area contributed by atoms with Crippen LogP contribution >= 0.6 is 0 Å². The van der Waals surface area contributed by atoms with Crippen molar-refractivity contribution in [3.63, 3.8) is 0 Å². The molecule has 0 fully saturated rings. The van der Waals surface area contributed by atoms with Crippen LogP contribution in [0.25, 0.3) is 0 Å². The highest BCUT2D eigenvalue weighted by molar-refractivity contribution is 7.89. The topological polar surface area (TPSA) is 98.8 Å². The molecule has 0 spiro atoms. The molecule has 0 atom stereocenters. The van der Waals surface area contributed by atoms with Crippen molar-refractivity contribution in [3.05, 3.63) is 59.2 Å². The zero-order valence-corrected chi connectivity index (χ0v) is 16.7. The van der Waals surface area contributed by atoms with Crippen LogP contribution in [-0.4, -0.2) is 39.9 Å². The number of esters is 1. The Hall–Kier alpha value is -2.85. The number of halogens is 2. The number of sulfonamides is 1. The van der Waals surface area contributed by atoms with Gasteiger partial charge in [0.05, 0.1) is 18.2 Å². The summed E-state index contributed by atoms with van der Waals surface area (Å²) in [5, 5.41) is 0. The molecule has 0 aliphatic carbocycles. The lowest BCUT2D eigenvalue weighted by Gasteiger charge is -2.14. The molecule has 0 heterocycles. The van der Waals surface area contributed by atoms with Crippen LogP contribution in [0.15, 0.2) is 41.3 Å². The standard InChI is InChI=1S/C19H19F2NO6S/c1-11(2)22-29(25,26)18-8-12(4-7-17(18)27-3)19(24)28-10-16(23)14-9-13(20)5-6-15(14)21/h4-9,11,22H,10H2,1-3H3. The van der Waals surface area contributed by atoms with Crippen molar-refractivity contribution in [2.24, 2.45) is 0 Å². The van der Waals surface area contributed by atoms with Crippen LogP contribution in [0.1, 0.15) is 34.6 Å². The lowest BCUT2D eigenvalue weighted by atomic mass is 10.1. The third-order valence-corrected chi connectivity index (χ3v) is 5.32. The molecular formula is C19H19F2NO6S. The summed E-state index contributed by atoms with van der Waals surface area (Å²) < 4.78 is 63.9. The molecule has 0 saturated carbocycles. The maximum Gasteiger partial charge on any atom is 0.338 e. The summed E-state index contributed by atoms with van der Waals surface area (Å²) in [6.07, 6.45) is 0. The predicted octanol–water partition coefficient (Wildman–Crippen LogP) is 2.70. The number of ketones is 1. The molecule has 0 aliphatic rings.